The molecule has 2 aromatic rings. The molecule has 1 unspecified atom stereocenters. The van der Waals surface area contributed by atoms with E-state index in [1.54, 1.807) is 12.1 Å². The molecule has 0 fully saturated rings. The van der Waals surface area contributed by atoms with Crippen molar-refractivity contribution in [1.29, 1.82) is 0 Å². The van der Waals surface area contributed by atoms with Gasteiger partial charge < -0.3 is 21.3 Å². The molecule has 0 saturated heterocycles. The number of aryl methyl sites for hydroxylation is 1. The summed E-state index contributed by atoms with van der Waals surface area (Å²) in [6, 6.07) is 14.4. The second-order valence-corrected chi connectivity index (χ2v) is 5.45. The van der Waals surface area contributed by atoms with Gasteiger partial charge in [0, 0.05) is 6.54 Å². The Bertz CT molecular complexity index is 644. The molecule has 1 amide bonds. The number of hydrogen-bond acceptors (Lipinski definition) is 4. The largest absolute Gasteiger partial charge is 0.507 e. The van der Waals surface area contributed by atoms with E-state index in [2.05, 4.69) is 5.32 Å². The molecule has 1 atom stereocenters. The summed E-state index contributed by atoms with van der Waals surface area (Å²) in [6.07, 6.45) is 1.09. The first-order valence-electron chi connectivity index (χ1n) is 7.63. The SMILES string of the molecule is NC(=O)c1cc(CCCNCC(O)c2ccccc2)ccc1O. The van der Waals surface area contributed by atoms with Crippen molar-refractivity contribution >= 4 is 5.91 Å². The number of carbonyl (C=O) groups is 1. The Labute approximate surface area is 135 Å². The van der Waals surface area contributed by atoms with Crippen molar-refractivity contribution in [2.24, 2.45) is 5.73 Å². The van der Waals surface area contributed by atoms with Gasteiger partial charge in [0.1, 0.15) is 5.75 Å². The summed E-state index contributed by atoms with van der Waals surface area (Å²) < 4.78 is 0. The van der Waals surface area contributed by atoms with Crippen LogP contribution in [-0.2, 0) is 6.42 Å². The molecule has 122 valence electrons. The van der Waals surface area contributed by atoms with Gasteiger partial charge in [0.2, 0.25) is 0 Å². The molecule has 2 rings (SSSR count). The second kappa shape index (κ2) is 8.31. The van der Waals surface area contributed by atoms with E-state index < -0.39 is 12.0 Å². The third kappa shape index (κ3) is 5.09. The lowest BCUT2D eigenvalue weighted by Crippen LogP contribution is -2.22. The second-order valence-electron chi connectivity index (χ2n) is 5.45. The smallest absolute Gasteiger partial charge is 0.252 e. The zero-order chi connectivity index (χ0) is 16.7. The van der Waals surface area contributed by atoms with Gasteiger partial charge in [0.25, 0.3) is 5.91 Å². The third-order valence-electron chi connectivity index (χ3n) is 3.67. The quantitative estimate of drug-likeness (QED) is 0.558. The molecule has 0 aliphatic heterocycles. The minimum atomic E-state index is -0.631. The fourth-order valence-electron chi connectivity index (χ4n) is 2.39. The maximum absolute atomic E-state index is 11.2. The molecule has 0 spiro atoms. The van der Waals surface area contributed by atoms with Gasteiger partial charge in [-0.25, -0.2) is 0 Å². The number of aliphatic hydroxyl groups excluding tert-OH is 1. The molecule has 0 radical (unpaired) electrons. The van der Waals surface area contributed by atoms with Crippen molar-refractivity contribution in [3.05, 3.63) is 65.2 Å². The van der Waals surface area contributed by atoms with Crippen LogP contribution in [0.5, 0.6) is 5.75 Å². The molecule has 5 heteroatoms. The standard InChI is InChI=1S/C18H22N2O3/c19-18(23)15-11-13(8-9-16(15)21)5-4-10-20-12-17(22)14-6-2-1-3-7-14/h1-3,6-9,11,17,20-22H,4-5,10,12H2,(H2,19,23). The van der Waals surface area contributed by atoms with Crippen LogP contribution in [0, 0.1) is 0 Å². The van der Waals surface area contributed by atoms with Crippen LogP contribution in [0.15, 0.2) is 48.5 Å². The number of carbonyl (C=O) groups excluding carboxylic acids is 1. The number of rotatable bonds is 8. The number of hydrogen-bond donors (Lipinski definition) is 4. The van der Waals surface area contributed by atoms with Crippen LogP contribution in [0.3, 0.4) is 0 Å². The van der Waals surface area contributed by atoms with E-state index in [1.807, 2.05) is 30.3 Å². The molecule has 0 aromatic heterocycles. The molecular weight excluding hydrogens is 292 g/mol. The average molecular weight is 314 g/mol. The van der Waals surface area contributed by atoms with Crippen LogP contribution in [0.4, 0.5) is 0 Å². The Kier molecular flexibility index (Phi) is 6.14. The highest BCUT2D eigenvalue weighted by Crippen LogP contribution is 2.18. The molecular formula is C18H22N2O3. The summed E-state index contributed by atoms with van der Waals surface area (Å²) in [5, 5.41) is 22.8. The number of nitrogens with one attached hydrogen (secondary N) is 1. The van der Waals surface area contributed by atoms with Gasteiger partial charge in [-0.3, -0.25) is 4.79 Å². The van der Waals surface area contributed by atoms with Crippen molar-refractivity contribution in [3.8, 4) is 5.75 Å². The highest BCUT2D eigenvalue weighted by atomic mass is 16.3. The van der Waals surface area contributed by atoms with Crippen molar-refractivity contribution in [2.45, 2.75) is 18.9 Å². The molecule has 0 aliphatic carbocycles. The Morgan fingerprint density at radius 2 is 1.91 bits per heavy atom. The Morgan fingerprint density at radius 1 is 1.17 bits per heavy atom. The molecule has 0 saturated carbocycles. The van der Waals surface area contributed by atoms with Crippen LogP contribution >= 0.6 is 0 Å². The molecule has 5 nitrogen and oxygen atoms in total. The lowest BCUT2D eigenvalue weighted by atomic mass is 10.0. The molecule has 2 aromatic carbocycles. The summed E-state index contributed by atoms with van der Waals surface area (Å²) in [6.45, 7) is 1.24. The Hall–Kier alpha value is -2.37. The van der Waals surface area contributed by atoms with Gasteiger partial charge >= 0.3 is 0 Å². The van der Waals surface area contributed by atoms with Crippen LogP contribution in [0.2, 0.25) is 0 Å². The first-order chi connectivity index (χ1) is 11.1. The highest BCUT2D eigenvalue weighted by molar-refractivity contribution is 5.95. The van der Waals surface area contributed by atoms with Gasteiger partial charge in [-0.05, 0) is 42.6 Å². The molecule has 5 N–H and O–H groups in total. The molecule has 0 bridgehead atoms. The summed E-state index contributed by atoms with van der Waals surface area (Å²) in [5.74, 6) is -0.723. The topological polar surface area (TPSA) is 95.6 Å². The average Bonchev–Trinajstić information content (AvgIpc) is 2.56. The van der Waals surface area contributed by atoms with Crippen molar-refractivity contribution in [3.63, 3.8) is 0 Å². The van der Waals surface area contributed by atoms with E-state index in [-0.39, 0.29) is 11.3 Å². The minimum absolute atomic E-state index is 0.0923. The lowest BCUT2D eigenvalue weighted by molar-refractivity contribution is 0.0997. The van der Waals surface area contributed by atoms with E-state index in [0.717, 1.165) is 30.5 Å². The molecule has 0 heterocycles. The van der Waals surface area contributed by atoms with E-state index in [9.17, 15) is 15.0 Å². The number of amides is 1. The number of phenols is 1. The number of nitrogens with two attached hydrogens (primary N) is 1. The Morgan fingerprint density at radius 3 is 2.61 bits per heavy atom. The van der Waals surface area contributed by atoms with E-state index in [0.29, 0.717) is 6.54 Å². The predicted molar refractivity (Wildman–Crippen MR) is 89.2 cm³/mol. The van der Waals surface area contributed by atoms with Gasteiger partial charge in [-0.15, -0.1) is 0 Å². The van der Waals surface area contributed by atoms with Crippen molar-refractivity contribution in [1.82, 2.24) is 5.32 Å². The number of aromatic hydroxyl groups is 1. The minimum Gasteiger partial charge on any atom is -0.507 e. The predicted octanol–water partition coefficient (Wildman–Crippen LogP) is 1.75. The normalized spacial score (nSPS) is 12.0. The number of aliphatic hydroxyl groups is 1. The zero-order valence-corrected chi connectivity index (χ0v) is 12.9. The van der Waals surface area contributed by atoms with E-state index >= 15 is 0 Å². The van der Waals surface area contributed by atoms with Gasteiger partial charge in [0.15, 0.2) is 0 Å². The molecule has 0 aliphatic rings. The first-order valence-corrected chi connectivity index (χ1v) is 7.63. The maximum atomic E-state index is 11.2. The summed E-state index contributed by atoms with van der Waals surface area (Å²) in [4.78, 5) is 11.2. The van der Waals surface area contributed by atoms with Gasteiger partial charge in [0.05, 0.1) is 11.7 Å². The van der Waals surface area contributed by atoms with Crippen LogP contribution in [0.25, 0.3) is 0 Å². The molecule has 23 heavy (non-hydrogen) atoms. The van der Waals surface area contributed by atoms with E-state index in [4.69, 9.17) is 5.73 Å². The number of benzene rings is 2. The first kappa shape index (κ1) is 17.0. The maximum Gasteiger partial charge on any atom is 0.252 e. The van der Waals surface area contributed by atoms with Crippen molar-refractivity contribution < 1.29 is 15.0 Å². The summed E-state index contributed by atoms with van der Waals surface area (Å²) in [5.41, 5.74) is 7.20. The van der Waals surface area contributed by atoms with Crippen LogP contribution in [0.1, 0.15) is 34.0 Å². The van der Waals surface area contributed by atoms with Gasteiger partial charge in [-0.1, -0.05) is 36.4 Å². The third-order valence-corrected chi connectivity index (χ3v) is 3.67. The lowest BCUT2D eigenvalue weighted by Gasteiger charge is -2.12. The monoisotopic (exact) mass is 314 g/mol. The van der Waals surface area contributed by atoms with Crippen molar-refractivity contribution in [2.75, 3.05) is 13.1 Å². The summed E-state index contributed by atoms with van der Waals surface area (Å²) >= 11 is 0. The fraction of sp³-hybridized carbons (Fsp3) is 0.278. The van der Waals surface area contributed by atoms with Gasteiger partial charge in [-0.2, -0.15) is 0 Å². The number of primary amides is 1. The van der Waals surface area contributed by atoms with Crippen LogP contribution < -0.4 is 11.1 Å². The van der Waals surface area contributed by atoms with E-state index in [1.165, 1.54) is 6.07 Å². The summed E-state index contributed by atoms with van der Waals surface area (Å²) in [7, 11) is 0. The highest BCUT2D eigenvalue weighted by Gasteiger charge is 2.08. The van der Waals surface area contributed by atoms with Crippen LogP contribution in [-0.4, -0.2) is 29.2 Å². The zero-order valence-electron chi connectivity index (χ0n) is 12.9. The fourth-order valence-corrected chi connectivity index (χ4v) is 2.39. The Balaban J connectivity index is 1.73.